The highest BCUT2D eigenvalue weighted by Crippen LogP contribution is 2.30. The van der Waals surface area contributed by atoms with E-state index in [2.05, 4.69) is 5.32 Å². The van der Waals surface area contributed by atoms with Gasteiger partial charge in [-0.1, -0.05) is 53.0 Å². The molecule has 0 bridgehead atoms. The number of amides is 2. The van der Waals surface area contributed by atoms with Crippen LogP contribution in [-0.2, 0) is 20.9 Å². The van der Waals surface area contributed by atoms with Crippen molar-refractivity contribution in [3.63, 3.8) is 0 Å². The van der Waals surface area contributed by atoms with E-state index in [9.17, 15) is 19.5 Å². The number of carboxylic acid groups (broad SMARTS) is 1. The largest absolute Gasteiger partial charge is 0.490 e. The van der Waals surface area contributed by atoms with Gasteiger partial charge in [-0.3, -0.25) is 19.3 Å². The van der Waals surface area contributed by atoms with Crippen LogP contribution in [-0.4, -0.2) is 76.6 Å². The van der Waals surface area contributed by atoms with Crippen LogP contribution >= 0.6 is 34.8 Å². The van der Waals surface area contributed by atoms with Crippen LogP contribution in [0.3, 0.4) is 0 Å². The van der Waals surface area contributed by atoms with Crippen molar-refractivity contribution in [2.75, 3.05) is 19.7 Å². The summed E-state index contributed by atoms with van der Waals surface area (Å²) in [6.07, 6.45) is 0.674. The Morgan fingerprint density at radius 2 is 1.90 bits per heavy atom. The van der Waals surface area contributed by atoms with Gasteiger partial charge in [0.2, 0.25) is 11.8 Å². The van der Waals surface area contributed by atoms with Crippen LogP contribution in [0.2, 0.25) is 15.1 Å². The first kappa shape index (κ1) is 29.4. The van der Waals surface area contributed by atoms with Gasteiger partial charge in [0.25, 0.3) is 0 Å². The number of aliphatic carboxylic acids is 1. The SMILES string of the molecule is N[C@@H]1C[C@H]2C(=O)N([C@H](CCC(=O)O)C(=O)NCc3ccc(Cl)c(Cl)c3)CCC(COc3ccccc3Cl)N2C1. The lowest BCUT2D eigenvalue weighted by Gasteiger charge is -2.32. The summed E-state index contributed by atoms with van der Waals surface area (Å²) < 4.78 is 6.02. The van der Waals surface area contributed by atoms with Gasteiger partial charge >= 0.3 is 5.97 Å². The third-order valence-corrected chi connectivity index (χ3v) is 8.19. The zero-order valence-electron chi connectivity index (χ0n) is 21.2. The van der Waals surface area contributed by atoms with Gasteiger partial charge in [-0.25, -0.2) is 0 Å². The molecular formula is C27H31Cl3N4O5. The van der Waals surface area contributed by atoms with Crippen LogP contribution in [0.1, 0.15) is 31.2 Å². The number of hydrogen-bond acceptors (Lipinski definition) is 6. The molecule has 2 amide bonds. The molecule has 2 heterocycles. The Hall–Kier alpha value is -2.56. The molecule has 210 valence electrons. The van der Waals surface area contributed by atoms with Crippen LogP contribution < -0.4 is 15.8 Å². The van der Waals surface area contributed by atoms with Crippen LogP contribution in [0.4, 0.5) is 0 Å². The highest BCUT2D eigenvalue weighted by Gasteiger charge is 2.46. The van der Waals surface area contributed by atoms with E-state index < -0.39 is 24.0 Å². The number of hydrogen-bond donors (Lipinski definition) is 3. The highest BCUT2D eigenvalue weighted by molar-refractivity contribution is 6.42. The van der Waals surface area contributed by atoms with Gasteiger partial charge in [-0.05, 0) is 49.1 Å². The Bertz CT molecular complexity index is 1220. The lowest BCUT2D eigenvalue weighted by atomic mass is 10.1. The number of ether oxygens (including phenoxy) is 1. The molecule has 0 aliphatic carbocycles. The maximum absolute atomic E-state index is 13.8. The molecule has 2 saturated heterocycles. The molecule has 0 saturated carbocycles. The van der Waals surface area contributed by atoms with Crippen molar-refractivity contribution >= 4 is 52.6 Å². The van der Waals surface area contributed by atoms with Crippen molar-refractivity contribution in [2.45, 2.75) is 56.4 Å². The minimum atomic E-state index is -1.05. The zero-order valence-corrected chi connectivity index (χ0v) is 23.5. The molecular weight excluding hydrogens is 567 g/mol. The van der Waals surface area contributed by atoms with Crippen molar-refractivity contribution in [2.24, 2.45) is 5.73 Å². The zero-order chi connectivity index (χ0) is 28.1. The molecule has 39 heavy (non-hydrogen) atoms. The summed E-state index contributed by atoms with van der Waals surface area (Å²) in [5.74, 6) is -1.17. The first-order valence-corrected chi connectivity index (χ1v) is 13.9. The van der Waals surface area contributed by atoms with E-state index in [0.717, 1.165) is 5.56 Å². The lowest BCUT2D eigenvalue weighted by Crippen LogP contribution is -2.53. The number of nitrogens with zero attached hydrogens (tertiary/aromatic N) is 2. The summed E-state index contributed by atoms with van der Waals surface area (Å²) in [4.78, 5) is 42.2. The average Bonchev–Trinajstić information content (AvgIpc) is 3.24. The van der Waals surface area contributed by atoms with E-state index in [-0.39, 0.29) is 50.5 Å². The predicted octanol–water partition coefficient (Wildman–Crippen LogP) is 3.58. The van der Waals surface area contributed by atoms with Crippen LogP contribution in [0.15, 0.2) is 42.5 Å². The number of para-hydroxylation sites is 1. The molecule has 4 rings (SSSR count). The molecule has 2 aromatic carbocycles. The average molecular weight is 598 g/mol. The van der Waals surface area contributed by atoms with E-state index in [1.165, 1.54) is 4.90 Å². The number of nitrogens with two attached hydrogens (primary N) is 1. The van der Waals surface area contributed by atoms with E-state index in [1.807, 2.05) is 17.0 Å². The minimum absolute atomic E-state index is 0.0200. The Labute approximate surface area is 242 Å². The lowest BCUT2D eigenvalue weighted by molar-refractivity contribution is -0.144. The van der Waals surface area contributed by atoms with E-state index in [1.54, 1.807) is 30.3 Å². The summed E-state index contributed by atoms with van der Waals surface area (Å²) in [6.45, 7) is 1.22. The minimum Gasteiger partial charge on any atom is -0.490 e. The fourth-order valence-electron chi connectivity index (χ4n) is 5.18. The second kappa shape index (κ2) is 13.2. The molecule has 0 aromatic heterocycles. The third kappa shape index (κ3) is 7.35. The summed E-state index contributed by atoms with van der Waals surface area (Å²) in [5, 5.41) is 13.4. The van der Waals surface area contributed by atoms with Gasteiger partial charge in [0.05, 0.1) is 21.1 Å². The smallest absolute Gasteiger partial charge is 0.303 e. The van der Waals surface area contributed by atoms with Crippen molar-refractivity contribution in [1.82, 2.24) is 15.1 Å². The first-order valence-electron chi connectivity index (χ1n) is 12.8. The number of carbonyl (C=O) groups is 3. The molecule has 2 aromatic rings. The van der Waals surface area contributed by atoms with Crippen molar-refractivity contribution in [3.8, 4) is 5.75 Å². The highest BCUT2D eigenvalue weighted by atomic mass is 35.5. The van der Waals surface area contributed by atoms with Crippen LogP contribution in [0.5, 0.6) is 5.75 Å². The van der Waals surface area contributed by atoms with Crippen molar-refractivity contribution < 1.29 is 24.2 Å². The van der Waals surface area contributed by atoms with Crippen molar-refractivity contribution in [1.29, 1.82) is 0 Å². The number of halogens is 3. The van der Waals surface area contributed by atoms with Gasteiger partial charge in [0.15, 0.2) is 0 Å². The molecule has 12 heteroatoms. The van der Waals surface area contributed by atoms with Crippen LogP contribution in [0, 0.1) is 0 Å². The summed E-state index contributed by atoms with van der Waals surface area (Å²) in [7, 11) is 0. The molecule has 0 spiro atoms. The van der Waals surface area contributed by atoms with Gasteiger partial charge in [0, 0.05) is 38.1 Å². The Morgan fingerprint density at radius 1 is 1.13 bits per heavy atom. The van der Waals surface area contributed by atoms with Gasteiger partial charge < -0.3 is 25.8 Å². The topological polar surface area (TPSA) is 125 Å². The quantitative estimate of drug-likeness (QED) is 0.382. The standard InChI is InChI=1S/C27H31Cl3N4O5/c28-19-6-5-16(11-21(19)30)13-32-26(37)22(7-8-25(35)36)33-10-9-18(15-39-24-4-2-1-3-20(24)29)34-14-17(31)12-23(34)27(33)38/h1-6,11,17-18,22-23H,7-10,12-15,31H2,(H,32,37)(H,35,36)/t17-,18?,22-,23+/m1/s1. The summed E-state index contributed by atoms with van der Waals surface area (Å²) in [5.41, 5.74) is 6.99. The maximum Gasteiger partial charge on any atom is 0.303 e. The monoisotopic (exact) mass is 596 g/mol. The van der Waals surface area contributed by atoms with Crippen LogP contribution in [0.25, 0.3) is 0 Å². The molecule has 1 unspecified atom stereocenters. The third-order valence-electron chi connectivity index (χ3n) is 7.14. The molecule has 4 atom stereocenters. The molecule has 2 aliphatic heterocycles. The molecule has 2 fully saturated rings. The Kier molecular flexibility index (Phi) is 9.96. The summed E-state index contributed by atoms with van der Waals surface area (Å²) >= 11 is 18.3. The van der Waals surface area contributed by atoms with Gasteiger partial charge in [0.1, 0.15) is 18.4 Å². The maximum atomic E-state index is 13.8. The number of nitrogens with one attached hydrogen (secondary N) is 1. The molecule has 4 N–H and O–H groups in total. The Morgan fingerprint density at radius 3 is 2.62 bits per heavy atom. The number of carboxylic acids is 1. The molecule has 9 nitrogen and oxygen atoms in total. The van der Waals surface area contributed by atoms with Crippen molar-refractivity contribution in [3.05, 3.63) is 63.1 Å². The molecule has 0 radical (unpaired) electrons. The second-order valence-electron chi connectivity index (χ2n) is 9.84. The van der Waals surface area contributed by atoms with Gasteiger partial charge in [-0.2, -0.15) is 0 Å². The Balaban J connectivity index is 1.52. The fraction of sp³-hybridized carbons (Fsp3) is 0.444. The molecule has 2 aliphatic rings. The first-order chi connectivity index (χ1) is 18.6. The predicted molar refractivity (Wildman–Crippen MR) is 149 cm³/mol. The normalized spacial score (nSPS) is 22.2. The van der Waals surface area contributed by atoms with E-state index in [0.29, 0.717) is 40.2 Å². The number of rotatable bonds is 10. The summed E-state index contributed by atoms with van der Waals surface area (Å²) in [6, 6.07) is 10.3. The van der Waals surface area contributed by atoms with E-state index >= 15 is 0 Å². The number of fused-ring (bicyclic) bond motifs is 1. The number of carbonyl (C=O) groups excluding carboxylic acids is 2. The van der Waals surface area contributed by atoms with Gasteiger partial charge in [-0.15, -0.1) is 0 Å². The van der Waals surface area contributed by atoms with E-state index in [4.69, 9.17) is 45.3 Å². The fourth-order valence-corrected chi connectivity index (χ4v) is 5.69. The second-order valence-corrected chi connectivity index (χ2v) is 11.1. The number of benzene rings is 2.